The SMILES string of the molecule is CCCCCC#Cc1ccc(C)c(C)c1. The van der Waals surface area contributed by atoms with Crippen molar-refractivity contribution in [3.8, 4) is 11.8 Å². The fraction of sp³-hybridized carbons (Fsp3) is 0.467. The number of unbranched alkanes of at least 4 members (excludes halogenated alkanes) is 3. The van der Waals surface area contributed by atoms with E-state index >= 15 is 0 Å². The molecular weight excluding hydrogens is 180 g/mol. The zero-order chi connectivity index (χ0) is 11.1. The van der Waals surface area contributed by atoms with Gasteiger partial charge in [-0.1, -0.05) is 37.7 Å². The Morgan fingerprint density at radius 2 is 1.87 bits per heavy atom. The molecule has 0 fully saturated rings. The highest BCUT2D eigenvalue weighted by molar-refractivity contribution is 5.39. The predicted octanol–water partition coefficient (Wildman–Crippen LogP) is 4.24. The molecule has 0 aliphatic carbocycles. The van der Waals surface area contributed by atoms with Gasteiger partial charge in [-0.25, -0.2) is 0 Å². The number of rotatable bonds is 3. The van der Waals surface area contributed by atoms with Crippen molar-refractivity contribution in [2.45, 2.75) is 46.5 Å². The van der Waals surface area contributed by atoms with Crippen molar-refractivity contribution in [1.29, 1.82) is 0 Å². The van der Waals surface area contributed by atoms with Crippen LogP contribution in [0.3, 0.4) is 0 Å². The largest absolute Gasteiger partial charge is 0.0979 e. The van der Waals surface area contributed by atoms with Crippen LogP contribution in [0, 0.1) is 25.7 Å². The van der Waals surface area contributed by atoms with Crippen LogP contribution in [0.5, 0.6) is 0 Å². The molecule has 0 saturated heterocycles. The van der Waals surface area contributed by atoms with Crippen molar-refractivity contribution in [3.05, 3.63) is 34.9 Å². The molecule has 0 nitrogen and oxygen atoms in total. The molecule has 0 heterocycles. The molecule has 0 bridgehead atoms. The van der Waals surface area contributed by atoms with Gasteiger partial charge in [0.05, 0.1) is 0 Å². The van der Waals surface area contributed by atoms with Crippen LogP contribution >= 0.6 is 0 Å². The van der Waals surface area contributed by atoms with Crippen molar-refractivity contribution < 1.29 is 0 Å². The second-order valence-corrected chi connectivity index (χ2v) is 4.06. The molecule has 1 aromatic rings. The van der Waals surface area contributed by atoms with Crippen LogP contribution in [0.4, 0.5) is 0 Å². The first-order valence-electron chi connectivity index (χ1n) is 5.80. The molecule has 0 aromatic heterocycles. The average molecular weight is 200 g/mol. The molecule has 1 rings (SSSR count). The molecule has 0 N–H and O–H groups in total. The van der Waals surface area contributed by atoms with E-state index in [-0.39, 0.29) is 0 Å². The molecule has 0 saturated carbocycles. The van der Waals surface area contributed by atoms with Crippen LogP contribution in [0.2, 0.25) is 0 Å². The smallest absolute Gasteiger partial charge is 0.0248 e. The molecule has 0 aliphatic rings. The molecule has 0 atom stereocenters. The van der Waals surface area contributed by atoms with E-state index in [4.69, 9.17) is 0 Å². The molecule has 15 heavy (non-hydrogen) atoms. The fourth-order valence-corrected chi connectivity index (χ4v) is 1.45. The first-order valence-corrected chi connectivity index (χ1v) is 5.80. The Labute approximate surface area is 93.7 Å². The summed E-state index contributed by atoms with van der Waals surface area (Å²) in [5.41, 5.74) is 3.82. The van der Waals surface area contributed by atoms with E-state index in [1.165, 1.54) is 30.4 Å². The molecule has 0 spiro atoms. The van der Waals surface area contributed by atoms with E-state index in [9.17, 15) is 0 Å². The van der Waals surface area contributed by atoms with E-state index < -0.39 is 0 Å². The van der Waals surface area contributed by atoms with Gasteiger partial charge in [-0.2, -0.15) is 0 Å². The van der Waals surface area contributed by atoms with Gasteiger partial charge < -0.3 is 0 Å². The van der Waals surface area contributed by atoms with Gasteiger partial charge in [-0.05, 0) is 43.5 Å². The van der Waals surface area contributed by atoms with Crippen molar-refractivity contribution in [2.24, 2.45) is 0 Å². The Kier molecular flexibility index (Phi) is 4.98. The minimum absolute atomic E-state index is 1.03. The Morgan fingerprint density at radius 1 is 1.07 bits per heavy atom. The zero-order valence-electron chi connectivity index (χ0n) is 10.1. The summed E-state index contributed by atoms with van der Waals surface area (Å²) in [4.78, 5) is 0. The summed E-state index contributed by atoms with van der Waals surface area (Å²) < 4.78 is 0. The Morgan fingerprint density at radius 3 is 2.53 bits per heavy atom. The van der Waals surface area contributed by atoms with E-state index in [0.29, 0.717) is 0 Å². The van der Waals surface area contributed by atoms with Crippen LogP contribution in [0.25, 0.3) is 0 Å². The molecule has 0 heteroatoms. The zero-order valence-corrected chi connectivity index (χ0v) is 10.1. The summed E-state index contributed by atoms with van der Waals surface area (Å²) >= 11 is 0. The van der Waals surface area contributed by atoms with E-state index in [1.54, 1.807) is 0 Å². The van der Waals surface area contributed by atoms with Gasteiger partial charge in [0.2, 0.25) is 0 Å². The lowest BCUT2D eigenvalue weighted by Crippen LogP contribution is -1.82. The van der Waals surface area contributed by atoms with Crippen LogP contribution in [-0.4, -0.2) is 0 Å². The number of hydrogen-bond acceptors (Lipinski definition) is 0. The standard InChI is InChI=1S/C15H20/c1-4-5-6-7-8-9-15-11-10-13(2)14(3)12-15/h10-12H,4-7H2,1-3H3. The summed E-state index contributed by atoms with van der Waals surface area (Å²) in [6.45, 7) is 6.49. The Hall–Kier alpha value is -1.22. The summed E-state index contributed by atoms with van der Waals surface area (Å²) in [7, 11) is 0. The highest BCUT2D eigenvalue weighted by Crippen LogP contribution is 2.08. The Balaban J connectivity index is 2.53. The maximum Gasteiger partial charge on any atom is 0.0248 e. The number of benzene rings is 1. The van der Waals surface area contributed by atoms with Crippen LogP contribution < -0.4 is 0 Å². The lowest BCUT2D eigenvalue weighted by Gasteiger charge is -1.98. The third kappa shape index (κ3) is 4.21. The highest BCUT2D eigenvalue weighted by Gasteiger charge is 1.92. The number of hydrogen-bond donors (Lipinski definition) is 0. The second-order valence-electron chi connectivity index (χ2n) is 4.06. The van der Waals surface area contributed by atoms with Crippen molar-refractivity contribution in [3.63, 3.8) is 0 Å². The molecule has 1 aromatic carbocycles. The van der Waals surface area contributed by atoms with Gasteiger partial charge in [0.25, 0.3) is 0 Å². The van der Waals surface area contributed by atoms with Crippen LogP contribution in [0.15, 0.2) is 18.2 Å². The van der Waals surface area contributed by atoms with Gasteiger partial charge in [0.1, 0.15) is 0 Å². The monoisotopic (exact) mass is 200 g/mol. The third-order valence-corrected chi connectivity index (χ3v) is 2.64. The van der Waals surface area contributed by atoms with Gasteiger partial charge in [0, 0.05) is 12.0 Å². The van der Waals surface area contributed by atoms with Gasteiger partial charge in [0.15, 0.2) is 0 Å². The van der Waals surface area contributed by atoms with Crippen LogP contribution in [-0.2, 0) is 0 Å². The first kappa shape index (κ1) is 11.9. The summed E-state index contributed by atoms with van der Waals surface area (Å²) in [5, 5.41) is 0. The summed E-state index contributed by atoms with van der Waals surface area (Å²) in [6.07, 6.45) is 4.82. The van der Waals surface area contributed by atoms with Crippen molar-refractivity contribution in [2.75, 3.05) is 0 Å². The highest BCUT2D eigenvalue weighted by atomic mass is 14.0. The topological polar surface area (TPSA) is 0 Å². The fourth-order valence-electron chi connectivity index (χ4n) is 1.45. The maximum absolute atomic E-state index is 3.23. The summed E-state index contributed by atoms with van der Waals surface area (Å²) in [6, 6.07) is 6.42. The normalized spacial score (nSPS) is 9.53. The van der Waals surface area contributed by atoms with Gasteiger partial charge in [-0.3, -0.25) is 0 Å². The van der Waals surface area contributed by atoms with Gasteiger partial charge >= 0.3 is 0 Å². The Bertz CT molecular complexity index is 363. The predicted molar refractivity (Wildman–Crippen MR) is 66.9 cm³/mol. The molecule has 80 valence electrons. The lowest BCUT2D eigenvalue weighted by atomic mass is 10.1. The number of aryl methyl sites for hydroxylation is 2. The van der Waals surface area contributed by atoms with E-state index in [0.717, 1.165) is 12.0 Å². The van der Waals surface area contributed by atoms with Crippen molar-refractivity contribution >= 4 is 0 Å². The molecule has 0 amide bonds. The minimum atomic E-state index is 1.03. The summed E-state index contributed by atoms with van der Waals surface area (Å²) in [5.74, 6) is 6.45. The third-order valence-electron chi connectivity index (χ3n) is 2.64. The molecular formula is C15H20. The first-order chi connectivity index (χ1) is 7.24. The quantitative estimate of drug-likeness (QED) is 0.506. The van der Waals surface area contributed by atoms with E-state index in [2.05, 4.69) is 50.8 Å². The lowest BCUT2D eigenvalue weighted by molar-refractivity contribution is 0.737. The minimum Gasteiger partial charge on any atom is -0.0979 e. The molecule has 0 unspecified atom stereocenters. The van der Waals surface area contributed by atoms with Crippen LogP contribution in [0.1, 0.15) is 49.3 Å². The van der Waals surface area contributed by atoms with Gasteiger partial charge in [-0.15, -0.1) is 0 Å². The molecule has 0 radical (unpaired) electrons. The average Bonchev–Trinajstić information content (AvgIpc) is 2.23. The molecule has 0 aliphatic heterocycles. The second kappa shape index (κ2) is 6.30. The maximum atomic E-state index is 3.23. The van der Waals surface area contributed by atoms with E-state index in [1.807, 2.05) is 0 Å². The van der Waals surface area contributed by atoms with Crippen molar-refractivity contribution in [1.82, 2.24) is 0 Å².